The zero-order chi connectivity index (χ0) is 5.91. The zero-order valence-electron chi connectivity index (χ0n) is 3.01. The summed E-state index contributed by atoms with van der Waals surface area (Å²) in [4.78, 5) is 0. The standard InChI is InChI=1S/H2N2O3S2/c1-2-6-7(3,4)5/h(H2,3,4,5). The van der Waals surface area contributed by atoms with Gasteiger partial charge in [-0.25, -0.2) is 0 Å². The fraction of sp³-hybridized carbons (Fsp3) is 0. The minimum atomic E-state index is -3.92. The minimum absolute atomic E-state index is 0.192. The maximum atomic E-state index is 9.61. The molecule has 42 valence electrons. The molecule has 0 unspecified atom stereocenters. The van der Waals surface area contributed by atoms with E-state index in [9.17, 15) is 4.21 Å². The van der Waals surface area contributed by atoms with Crippen LogP contribution in [-0.4, -0.2) is 13.3 Å². The van der Waals surface area contributed by atoms with E-state index >= 15 is 0 Å². The second kappa shape index (κ2) is 2.20. The molecule has 0 aromatic carbocycles. The molecular formula is H2N2O3S2. The van der Waals surface area contributed by atoms with Crippen molar-refractivity contribution in [3.63, 3.8) is 0 Å². The third-order valence-electron chi connectivity index (χ3n) is 0.130. The second-order valence-electron chi connectivity index (χ2n) is 0.604. The minimum Gasteiger partial charge on any atom is -0.341 e. The van der Waals surface area contributed by atoms with Crippen LogP contribution < -0.4 is 4.16 Å². The van der Waals surface area contributed by atoms with Crippen molar-refractivity contribution in [3.05, 3.63) is 5.53 Å². The molecule has 0 saturated heterocycles. The molecule has 0 heterocycles. The number of nitrogens with zero attached hydrogens (tertiary/aromatic N) is 2. The molecule has 0 aromatic heterocycles. The van der Waals surface area contributed by atoms with Gasteiger partial charge in [-0.2, -0.15) is 4.21 Å². The van der Waals surface area contributed by atoms with Crippen molar-refractivity contribution >= 4 is 19.2 Å². The van der Waals surface area contributed by atoms with Crippen molar-refractivity contribution < 1.29 is 13.3 Å². The number of hydrogen-bond acceptors (Lipinski definition) is 1. The molecule has 2 N–H and O–H groups in total. The number of rotatable bonds is 0. The van der Waals surface area contributed by atoms with E-state index in [0.717, 1.165) is 0 Å². The van der Waals surface area contributed by atoms with Crippen LogP contribution in [-0.2, 0) is 19.2 Å². The van der Waals surface area contributed by atoms with Crippen molar-refractivity contribution in [2.24, 2.45) is 0 Å². The van der Waals surface area contributed by atoms with Crippen LogP contribution in [0.1, 0.15) is 0 Å². The van der Waals surface area contributed by atoms with Crippen LogP contribution in [0.3, 0.4) is 0 Å². The summed E-state index contributed by atoms with van der Waals surface area (Å²) in [5.74, 6) is 0. The first-order valence-electron chi connectivity index (χ1n) is 1.08. The Bertz CT molecular complexity index is 203. The van der Waals surface area contributed by atoms with E-state index in [4.69, 9.17) is 14.6 Å². The van der Waals surface area contributed by atoms with Crippen LogP contribution in [0.5, 0.6) is 0 Å². The fourth-order valence-corrected chi connectivity index (χ4v) is 0.391. The lowest BCUT2D eigenvalue weighted by Crippen LogP contribution is -1.90. The average molecular weight is 142 g/mol. The van der Waals surface area contributed by atoms with Gasteiger partial charge in [-0.1, -0.05) is 4.16 Å². The predicted molar refractivity (Wildman–Crippen MR) is 26.3 cm³/mol. The SMILES string of the molecule is [N-]=[N+]=S=S(=O)(O)O. The molecule has 0 rings (SSSR count). The Morgan fingerprint density at radius 2 is 2.14 bits per heavy atom. The molecule has 0 aromatic rings. The van der Waals surface area contributed by atoms with E-state index in [1.54, 1.807) is 0 Å². The van der Waals surface area contributed by atoms with E-state index in [2.05, 4.69) is 4.16 Å². The Balaban J connectivity index is 5.12. The molecule has 0 amide bonds. The summed E-state index contributed by atoms with van der Waals surface area (Å²) in [6.07, 6.45) is 0. The molecule has 7 heavy (non-hydrogen) atoms. The Kier molecular flexibility index (Phi) is 2.13. The highest BCUT2D eigenvalue weighted by molar-refractivity contribution is 8.29. The number of hydrogen-bond donors (Lipinski definition) is 2. The highest BCUT2D eigenvalue weighted by Crippen LogP contribution is 1.65. The van der Waals surface area contributed by atoms with Gasteiger partial charge in [0.2, 0.25) is 0 Å². The van der Waals surface area contributed by atoms with Crippen LogP contribution in [0.2, 0.25) is 0 Å². The first-order chi connectivity index (χ1) is 3.06. The van der Waals surface area contributed by atoms with Crippen molar-refractivity contribution in [1.29, 1.82) is 0 Å². The van der Waals surface area contributed by atoms with Crippen LogP contribution in [0, 0.1) is 0 Å². The monoisotopic (exact) mass is 142 g/mol. The summed E-state index contributed by atoms with van der Waals surface area (Å²) >= 11 is 0. The first kappa shape index (κ1) is 6.80. The molecule has 0 fully saturated rings. The van der Waals surface area contributed by atoms with Gasteiger partial charge in [0.15, 0.2) is 0 Å². The van der Waals surface area contributed by atoms with Gasteiger partial charge in [0.1, 0.15) is 0 Å². The molecule has 0 spiro atoms. The summed E-state index contributed by atoms with van der Waals surface area (Å²) in [6, 6.07) is 0. The summed E-state index contributed by atoms with van der Waals surface area (Å²) in [5.41, 5.74) is 7.49. The molecule has 5 nitrogen and oxygen atoms in total. The lowest BCUT2D eigenvalue weighted by molar-refractivity contribution is 0.450. The van der Waals surface area contributed by atoms with Gasteiger partial charge >= 0.3 is 19.2 Å². The van der Waals surface area contributed by atoms with E-state index in [0.29, 0.717) is 0 Å². The van der Waals surface area contributed by atoms with Crippen molar-refractivity contribution in [3.8, 4) is 0 Å². The summed E-state index contributed by atoms with van der Waals surface area (Å²) < 4.78 is 27.4. The summed E-state index contributed by atoms with van der Waals surface area (Å²) in [5, 5.41) is 0. The maximum absolute atomic E-state index is 9.61. The molecule has 0 radical (unpaired) electrons. The van der Waals surface area contributed by atoms with Gasteiger partial charge in [-0.15, -0.1) is 0 Å². The van der Waals surface area contributed by atoms with Gasteiger partial charge in [0.05, 0.1) is 0 Å². The van der Waals surface area contributed by atoms with Gasteiger partial charge < -0.3 is 5.53 Å². The molecule has 0 atom stereocenters. The van der Waals surface area contributed by atoms with E-state index in [1.165, 1.54) is 0 Å². The van der Waals surface area contributed by atoms with Crippen molar-refractivity contribution in [2.75, 3.05) is 0 Å². The Morgan fingerprint density at radius 1 is 1.71 bits per heavy atom. The van der Waals surface area contributed by atoms with Crippen LogP contribution in [0.4, 0.5) is 0 Å². The smallest absolute Gasteiger partial charge is 0.341 e. The molecule has 7 heteroatoms. The highest BCUT2D eigenvalue weighted by Gasteiger charge is 1.90. The van der Waals surface area contributed by atoms with Gasteiger partial charge in [-0.3, -0.25) is 9.11 Å². The summed E-state index contributed by atoms with van der Waals surface area (Å²) in [6.45, 7) is 0. The van der Waals surface area contributed by atoms with E-state index in [1.807, 2.05) is 0 Å². The fourth-order valence-electron chi connectivity index (χ4n) is 0.0434. The third-order valence-corrected chi connectivity index (χ3v) is 1.17. The molecule has 0 aliphatic rings. The molecule has 0 aliphatic carbocycles. The van der Waals surface area contributed by atoms with Gasteiger partial charge in [-0.05, 0) is 0 Å². The van der Waals surface area contributed by atoms with E-state index < -0.39 is 9.05 Å². The second-order valence-corrected chi connectivity index (χ2v) is 3.56. The van der Waals surface area contributed by atoms with Crippen LogP contribution in [0.15, 0.2) is 0 Å². The zero-order valence-corrected chi connectivity index (χ0v) is 4.65. The lowest BCUT2D eigenvalue weighted by Gasteiger charge is -1.70. The van der Waals surface area contributed by atoms with Gasteiger partial charge in [0.25, 0.3) is 0 Å². The first-order valence-corrected chi connectivity index (χ1v) is 3.84. The van der Waals surface area contributed by atoms with Gasteiger partial charge in [0, 0.05) is 0 Å². The third kappa shape index (κ3) is 5.80. The van der Waals surface area contributed by atoms with Crippen molar-refractivity contribution in [2.45, 2.75) is 0 Å². The molecule has 0 saturated carbocycles. The quantitative estimate of drug-likeness (QED) is 0.352. The largest absolute Gasteiger partial charge is 0.374 e. The van der Waals surface area contributed by atoms with Crippen LogP contribution >= 0.6 is 0 Å². The Hall–Kier alpha value is -0.200. The molecular weight excluding hydrogens is 140 g/mol. The topological polar surface area (TPSA) is 93.9 Å². The van der Waals surface area contributed by atoms with Crippen LogP contribution in [0.25, 0.3) is 5.53 Å². The summed E-state index contributed by atoms with van der Waals surface area (Å²) in [7, 11) is -4.12. The Labute approximate surface area is 42.9 Å². The Morgan fingerprint density at radius 3 is 2.14 bits per heavy atom. The predicted octanol–water partition coefficient (Wildman–Crippen LogP) is -0.513. The highest BCUT2D eigenvalue weighted by atomic mass is 32.9. The average Bonchev–Trinajstić information content (AvgIpc) is 1.30. The maximum Gasteiger partial charge on any atom is 0.374 e. The van der Waals surface area contributed by atoms with Crippen molar-refractivity contribution in [1.82, 2.24) is 4.16 Å². The molecule has 0 bridgehead atoms. The van der Waals surface area contributed by atoms with E-state index in [-0.39, 0.29) is 10.1 Å². The molecule has 0 aliphatic heterocycles. The normalized spacial score (nSPS) is 10.0. The lowest BCUT2D eigenvalue weighted by atomic mass is 13.3.